The van der Waals surface area contributed by atoms with Crippen LogP contribution in [0.1, 0.15) is 26.3 Å². The number of fused-ring (bicyclic) bond motifs is 2. The lowest BCUT2D eigenvalue weighted by atomic mass is 10.1. The molecule has 26 heavy (non-hydrogen) atoms. The molecule has 0 atom stereocenters. The molecule has 0 unspecified atom stereocenters. The van der Waals surface area contributed by atoms with Crippen molar-refractivity contribution in [3.05, 3.63) is 65.4 Å². The minimum absolute atomic E-state index is 0.0200. The van der Waals surface area contributed by atoms with Gasteiger partial charge >= 0.3 is 0 Å². The van der Waals surface area contributed by atoms with Gasteiger partial charge < -0.3 is 4.98 Å². The van der Waals surface area contributed by atoms with Crippen LogP contribution in [0.5, 0.6) is 0 Å². The number of benzene rings is 2. The smallest absolute Gasteiger partial charge is 0.261 e. The molecule has 132 valence electrons. The van der Waals surface area contributed by atoms with Crippen molar-refractivity contribution in [2.24, 2.45) is 5.14 Å². The molecular weight excluding hydrogens is 354 g/mol. The first-order chi connectivity index (χ1) is 12.4. The minimum Gasteiger partial charge on any atom is -0.361 e. The maximum absolute atomic E-state index is 12.4. The van der Waals surface area contributed by atoms with Crippen LogP contribution in [0.15, 0.2) is 53.6 Å². The van der Waals surface area contributed by atoms with Crippen molar-refractivity contribution in [3.63, 3.8) is 0 Å². The number of aromatic amines is 1. The number of carbonyl (C=O) groups is 2. The number of imide groups is 1. The van der Waals surface area contributed by atoms with Gasteiger partial charge in [-0.1, -0.05) is 12.1 Å². The molecule has 3 N–H and O–H groups in total. The Hall–Kier alpha value is -2.97. The molecule has 2 amide bonds. The van der Waals surface area contributed by atoms with Gasteiger partial charge in [-0.05, 0) is 42.3 Å². The highest BCUT2D eigenvalue weighted by Gasteiger charge is 2.34. The zero-order chi connectivity index (χ0) is 18.5. The molecule has 8 heteroatoms. The maximum atomic E-state index is 12.4. The second-order valence-electron chi connectivity index (χ2n) is 6.12. The Morgan fingerprint density at radius 3 is 2.27 bits per heavy atom. The average molecular weight is 369 g/mol. The molecule has 1 aliphatic heterocycles. The molecule has 0 fully saturated rings. The monoisotopic (exact) mass is 369 g/mol. The van der Waals surface area contributed by atoms with Crippen molar-refractivity contribution in [2.45, 2.75) is 11.3 Å². The van der Waals surface area contributed by atoms with Crippen molar-refractivity contribution in [1.29, 1.82) is 0 Å². The van der Waals surface area contributed by atoms with Crippen molar-refractivity contribution in [1.82, 2.24) is 9.88 Å². The summed E-state index contributed by atoms with van der Waals surface area (Å²) in [5.41, 5.74) is 2.39. The topological polar surface area (TPSA) is 113 Å². The fourth-order valence-corrected chi connectivity index (χ4v) is 3.76. The third-order valence-corrected chi connectivity index (χ3v) is 5.46. The zero-order valence-corrected chi connectivity index (χ0v) is 14.4. The van der Waals surface area contributed by atoms with Crippen LogP contribution in [-0.2, 0) is 16.4 Å². The third kappa shape index (κ3) is 2.59. The summed E-state index contributed by atoms with van der Waals surface area (Å²) in [6, 6.07) is 11.3. The highest BCUT2D eigenvalue weighted by atomic mass is 32.2. The van der Waals surface area contributed by atoms with Crippen molar-refractivity contribution in [3.8, 4) is 0 Å². The summed E-state index contributed by atoms with van der Waals surface area (Å²) >= 11 is 0. The minimum atomic E-state index is -3.81. The van der Waals surface area contributed by atoms with Crippen molar-refractivity contribution >= 4 is 32.7 Å². The van der Waals surface area contributed by atoms with Crippen LogP contribution in [0.25, 0.3) is 10.9 Å². The van der Waals surface area contributed by atoms with Crippen molar-refractivity contribution < 1.29 is 18.0 Å². The second kappa shape index (κ2) is 5.79. The molecule has 1 aromatic heterocycles. The predicted octanol–water partition coefficient (Wildman–Crippen LogP) is 1.65. The summed E-state index contributed by atoms with van der Waals surface area (Å²) < 4.78 is 23.1. The fourth-order valence-electron chi connectivity index (χ4n) is 3.22. The van der Waals surface area contributed by atoms with Gasteiger partial charge in [0, 0.05) is 23.6 Å². The van der Waals surface area contributed by atoms with Gasteiger partial charge in [0.15, 0.2) is 0 Å². The van der Waals surface area contributed by atoms with Gasteiger partial charge in [0.05, 0.1) is 16.0 Å². The number of sulfonamides is 1. The third-order valence-electron chi connectivity index (χ3n) is 4.55. The molecule has 0 aliphatic carbocycles. The van der Waals surface area contributed by atoms with E-state index in [1.54, 1.807) is 36.5 Å². The number of aromatic nitrogens is 1. The van der Waals surface area contributed by atoms with E-state index in [1.165, 1.54) is 17.0 Å². The van der Waals surface area contributed by atoms with Crippen LogP contribution in [0.4, 0.5) is 0 Å². The Kier molecular flexibility index (Phi) is 3.67. The van der Waals surface area contributed by atoms with E-state index in [0.717, 1.165) is 11.1 Å². The van der Waals surface area contributed by atoms with Gasteiger partial charge in [0.1, 0.15) is 0 Å². The summed E-state index contributed by atoms with van der Waals surface area (Å²) in [6.45, 7) is 0.207. The summed E-state index contributed by atoms with van der Waals surface area (Å²) in [7, 11) is -3.81. The predicted molar refractivity (Wildman–Crippen MR) is 95.2 cm³/mol. The summed E-state index contributed by atoms with van der Waals surface area (Å²) in [5, 5.41) is 5.89. The molecule has 2 heterocycles. The van der Waals surface area contributed by atoms with E-state index in [0.29, 0.717) is 22.9 Å². The normalized spacial score (nSPS) is 14.3. The molecule has 2 aromatic carbocycles. The van der Waals surface area contributed by atoms with E-state index in [-0.39, 0.29) is 23.3 Å². The van der Waals surface area contributed by atoms with Crippen LogP contribution in [0, 0.1) is 0 Å². The number of hydrogen-bond acceptors (Lipinski definition) is 4. The first-order valence-electron chi connectivity index (χ1n) is 7.94. The largest absolute Gasteiger partial charge is 0.361 e. The van der Waals surface area contributed by atoms with Gasteiger partial charge in [-0.25, -0.2) is 13.6 Å². The molecule has 7 nitrogen and oxygen atoms in total. The van der Waals surface area contributed by atoms with Gasteiger partial charge in [-0.3, -0.25) is 14.5 Å². The fraction of sp³-hybridized carbons (Fsp3) is 0.111. The first-order valence-corrected chi connectivity index (χ1v) is 9.49. The Balaban J connectivity index is 1.61. The Morgan fingerprint density at radius 2 is 1.65 bits per heavy atom. The van der Waals surface area contributed by atoms with Crippen LogP contribution < -0.4 is 5.14 Å². The number of hydrogen-bond donors (Lipinski definition) is 2. The number of carbonyl (C=O) groups excluding carboxylic acids is 2. The lowest BCUT2D eigenvalue weighted by Crippen LogP contribution is -2.31. The number of nitrogens with zero attached hydrogens (tertiary/aromatic N) is 1. The molecule has 0 bridgehead atoms. The van der Waals surface area contributed by atoms with E-state index in [4.69, 9.17) is 5.14 Å². The molecule has 3 aromatic rings. The number of amides is 2. The number of primary sulfonamides is 1. The van der Waals surface area contributed by atoms with Gasteiger partial charge in [0.2, 0.25) is 10.0 Å². The quantitative estimate of drug-likeness (QED) is 0.681. The lowest BCUT2D eigenvalue weighted by molar-refractivity contribution is 0.0656. The molecule has 0 spiro atoms. The summed E-state index contributed by atoms with van der Waals surface area (Å²) in [5.74, 6) is -0.619. The van der Waals surface area contributed by atoms with Crippen molar-refractivity contribution in [2.75, 3.05) is 6.54 Å². The summed E-state index contributed by atoms with van der Waals surface area (Å²) in [4.78, 5) is 29.1. The zero-order valence-electron chi connectivity index (χ0n) is 13.6. The van der Waals surface area contributed by atoms with E-state index in [9.17, 15) is 18.0 Å². The van der Waals surface area contributed by atoms with E-state index in [2.05, 4.69) is 4.98 Å². The lowest BCUT2D eigenvalue weighted by Gasteiger charge is -2.13. The maximum Gasteiger partial charge on any atom is 0.261 e. The summed E-state index contributed by atoms with van der Waals surface area (Å²) in [6.07, 6.45) is 2.15. The number of rotatable bonds is 4. The van der Waals surface area contributed by atoms with Crippen LogP contribution in [-0.4, -0.2) is 36.7 Å². The number of nitrogens with two attached hydrogens (primary N) is 1. The molecule has 0 radical (unpaired) electrons. The van der Waals surface area contributed by atoms with Gasteiger partial charge in [-0.15, -0.1) is 0 Å². The second-order valence-corrected chi connectivity index (χ2v) is 7.69. The van der Waals surface area contributed by atoms with E-state index < -0.39 is 10.0 Å². The molecular formula is C18H15N3O4S. The highest BCUT2D eigenvalue weighted by Crippen LogP contribution is 2.25. The van der Waals surface area contributed by atoms with Gasteiger partial charge in [-0.2, -0.15) is 0 Å². The highest BCUT2D eigenvalue weighted by molar-refractivity contribution is 7.89. The number of H-pyrrole nitrogens is 1. The van der Waals surface area contributed by atoms with E-state index in [1.807, 2.05) is 0 Å². The standard InChI is InChI=1S/C18H15N3O4S/c19-26(24,25)12-5-6-16-15(9-12)11(10-20-16)7-8-21-17(22)13-3-1-2-4-14(13)18(21)23/h1-6,9-10,20H,7-8H2,(H2,19,24,25). The van der Waals surface area contributed by atoms with Crippen LogP contribution in [0.2, 0.25) is 0 Å². The van der Waals surface area contributed by atoms with Gasteiger partial charge in [0.25, 0.3) is 11.8 Å². The first kappa shape index (κ1) is 16.5. The Morgan fingerprint density at radius 1 is 1.00 bits per heavy atom. The molecule has 4 rings (SSSR count). The Bertz CT molecular complexity index is 1130. The van der Waals surface area contributed by atoms with Crippen LogP contribution in [0.3, 0.4) is 0 Å². The SMILES string of the molecule is NS(=O)(=O)c1ccc2[nH]cc(CCN3C(=O)c4ccccc4C3=O)c2c1. The average Bonchev–Trinajstić information content (AvgIpc) is 3.12. The molecule has 1 aliphatic rings. The molecule has 0 saturated heterocycles. The van der Waals surface area contributed by atoms with Crippen LogP contribution >= 0.6 is 0 Å². The van der Waals surface area contributed by atoms with E-state index >= 15 is 0 Å². The Labute approximate surface area is 149 Å². The molecule has 0 saturated carbocycles. The number of nitrogens with one attached hydrogen (secondary N) is 1.